The summed E-state index contributed by atoms with van der Waals surface area (Å²) in [5.41, 5.74) is 1.12. The lowest BCUT2D eigenvalue weighted by Crippen LogP contribution is -2.42. The molecule has 0 spiro atoms. The van der Waals surface area contributed by atoms with Gasteiger partial charge in [-0.25, -0.2) is 0 Å². The molecule has 0 unspecified atom stereocenters. The number of nitrogens with one attached hydrogen (secondary N) is 1. The molecular weight excluding hydrogens is 320 g/mol. The van der Waals surface area contributed by atoms with Crippen molar-refractivity contribution < 1.29 is 9.84 Å². The molecule has 0 bridgehead atoms. The quantitative estimate of drug-likeness (QED) is 0.863. The predicted molar refractivity (Wildman–Crippen MR) is 84.3 cm³/mol. The van der Waals surface area contributed by atoms with Gasteiger partial charge in [-0.2, -0.15) is 0 Å². The summed E-state index contributed by atoms with van der Waals surface area (Å²) < 4.78 is 5.85. The summed E-state index contributed by atoms with van der Waals surface area (Å²) in [5.74, 6) is 0.671. The van der Waals surface area contributed by atoms with Gasteiger partial charge in [0.05, 0.1) is 11.6 Å². The number of benzene rings is 1. The van der Waals surface area contributed by atoms with Crippen LogP contribution in [0, 0.1) is 0 Å². The molecule has 1 aromatic rings. The van der Waals surface area contributed by atoms with E-state index in [0.29, 0.717) is 16.3 Å². The smallest absolute Gasteiger partial charge is 0.172 e. The number of phenolic OH excluding ortho intramolecular Hbond substituents is 1. The zero-order valence-corrected chi connectivity index (χ0v) is 13.7. The molecule has 1 fully saturated rings. The molecule has 2 rings (SSSR count). The highest BCUT2D eigenvalue weighted by atomic mass is 79.9. The summed E-state index contributed by atoms with van der Waals surface area (Å²) in [6.07, 6.45) is 2.40. The van der Waals surface area contributed by atoms with Crippen molar-refractivity contribution >= 4 is 15.9 Å². The summed E-state index contributed by atoms with van der Waals surface area (Å²) in [4.78, 5) is 2.48. The van der Waals surface area contributed by atoms with Crippen LogP contribution in [0.4, 0.5) is 0 Å². The average molecular weight is 343 g/mol. The highest BCUT2D eigenvalue weighted by Crippen LogP contribution is 2.35. The van der Waals surface area contributed by atoms with Crippen molar-refractivity contribution in [2.45, 2.75) is 32.4 Å². The first-order valence-electron chi connectivity index (χ1n) is 7.15. The first kappa shape index (κ1) is 15.6. The van der Waals surface area contributed by atoms with Crippen LogP contribution in [-0.2, 0) is 6.54 Å². The Morgan fingerprint density at radius 2 is 2.10 bits per heavy atom. The van der Waals surface area contributed by atoms with E-state index in [0.717, 1.165) is 18.7 Å². The predicted octanol–water partition coefficient (Wildman–Crippen LogP) is 2.74. The van der Waals surface area contributed by atoms with Gasteiger partial charge in [-0.1, -0.05) is 6.92 Å². The molecule has 0 amide bonds. The SMILES string of the molecule is CCN1CCC(NCc2cc(Br)c(O)c(OC)c2)CC1. The van der Waals surface area contributed by atoms with E-state index >= 15 is 0 Å². The summed E-state index contributed by atoms with van der Waals surface area (Å²) in [6, 6.07) is 4.40. The number of halogens is 1. The number of ether oxygens (including phenoxy) is 1. The number of methoxy groups -OCH3 is 1. The summed E-state index contributed by atoms with van der Waals surface area (Å²) >= 11 is 3.36. The normalized spacial score (nSPS) is 17.4. The molecule has 5 heteroatoms. The molecule has 1 saturated heterocycles. The fraction of sp³-hybridized carbons (Fsp3) is 0.600. The number of rotatable bonds is 5. The number of nitrogens with zero attached hydrogens (tertiary/aromatic N) is 1. The van der Waals surface area contributed by atoms with Crippen LogP contribution in [0.1, 0.15) is 25.3 Å². The molecule has 1 aliphatic heterocycles. The Kier molecular flexibility index (Phi) is 5.69. The molecule has 2 N–H and O–H groups in total. The molecule has 0 radical (unpaired) electrons. The van der Waals surface area contributed by atoms with Crippen LogP contribution in [-0.4, -0.2) is 42.8 Å². The zero-order chi connectivity index (χ0) is 14.5. The van der Waals surface area contributed by atoms with Gasteiger partial charge < -0.3 is 20.1 Å². The van der Waals surface area contributed by atoms with E-state index in [9.17, 15) is 5.11 Å². The molecule has 1 aliphatic rings. The molecule has 0 aliphatic carbocycles. The van der Waals surface area contributed by atoms with Crippen LogP contribution in [0.3, 0.4) is 0 Å². The Bertz CT molecular complexity index is 446. The van der Waals surface area contributed by atoms with Crippen molar-refractivity contribution in [2.75, 3.05) is 26.7 Å². The number of hydrogen-bond donors (Lipinski definition) is 2. The summed E-state index contributed by atoms with van der Waals surface area (Å²) in [7, 11) is 1.57. The second-order valence-electron chi connectivity index (χ2n) is 5.22. The molecule has 0 saturated carbocycles. The molecule has 4 nitrogen and oxygen atoms in total. The minimum Gasteiger partial charge on any atom is -0.503 e. The Morgan fingerprint density at radius 1 is 1.40 bits per heavy atom. The Morgan fingerprint density at radius 3 is 2.70 bits per heavy atom. The number of piperidine rings is 1. The van der Waals surface area contributed by atoms with Gasteiger partial charge in [0, 0.05) is 12.6 Å². The Balaban J connectivity index is 1.90. The second-order valence-corrected chi connectivity index (χ2v) is 6.07. The summed E-state index contributed by atoms with van der Waals surface area (Å²) in [5, 5.41) is 13.4. The fourth-order valence-corrected chi connectivity index (χ4v) is 3.09. The number of likely N-dealkylation sites (tertiary alicyclic amines) is 1. The maximum Gasteiger partial charge on any atom is 0.172 e. The van der Waals surface area contributed by atoms with Crippen molar-refractivity contribution in [3.63, 3.8) is 0 Å². The lowest BCUT2D eigenvalue weighted by molar-refractivity contribution is 0.206. The Hall–Kier alpha value is -0.780. The third-order valence-electron chi connectivity index (χ3n) is 3.94. The van der Waals surface area contributed by atoms with E-state index in [2.05, 4.69) is 33.1 Å². The highest BCUT2D eigenvalue weighted by molar-refractivity contribution is 9.10. The van der Waals surface area contributed by atoms with Crippen molar-refractivity contribution in [1.29, 1.82) is 0 Å². The van der Waals surface area contributed by atoms with E-state index in [1.165, 1.54) is 25.9 Å². The summed E-state index contributed by atoms with van der Waals surface area (Å²) in [6.45, 7) is 6.52. The number of aromatic hydroxyl groups is 1. The van der Waals surface area contributed by atoms with Crippen LogP contribution in [0.2, 0.25) is 0 Å². The minimum atomic E-state index is 0.160. The lowest BCUT2D eigenvalue weighted by atomic mass is 10.0. The fourth-order valence-electron chi connectivity index (χ4n) is 2.60. The van der Waals surface area contributed by atoms with E-state index in [4.69, 9.17) is 4.74 Å². The molecule has 1 aromatic carbocycles. The van der Waals surface area contributed by atoms with Crippen LogP contribution in [0.25, 0.3) is 0 Å². The van der Waals surface area contributed by atoms with Gasteiger partial charge in [-0.05, 0) is 66.1 Å². The first-order valence-corrected chi connectivity index (χ1v) is 7.94. The Labute approximate surface area is 129 Å². The van der Waals surface area contributed by atoms with Gasteiger partial charge in [0.25, 0.3) is 0 Å². The van der Waals surface area contributed by atoms with E-state index in [-0.39, 0.29) is 5.75 Å². The van der Waals surface area contributed by atoms with Gasteiger partial charge >= 0.3 is 0 Å². The second kappa shape index (κ2) is 7.29. The number of phenols is 1. The van der Waals surface area contributed by atoms with Crippen molar-refractivity contribution in [3.05, 3.63) is 22.2 Å². The molecule has 0 atom stereocenters. The molecule has 0 aromatic heterocycles. The van der Waals surface area contributed by atoms with Crippen LogP contribution < -0.4 is 10.1 Å². The van der Waals surface area contributed by atoms with Gasteiger partial charge in [-0.15, -0.1) is 0 Å². The van der Waals surface area contributed by atoms with E-state index in [1.807, 2.05) is 12.1 Å². The monoisotopic (exact) mass is 342 g/mol. The van der Waals surface area contributed by atoms with Gasteiger partial charge in [-0.3, -0.25) is 0 Å². The zero-order valence-electron chi connectivity index (χ0n) is 12.2. The maximum absolute atomic E-state index is 9.80. The molecule has 20 heavy (non-hydrogen) atoms. The topological polar surface area (TPSA) is 44.7 Å². The van der Waals surface area contributed by atoms with E-state index < -0.39 is 0 Å². The minimum absolute atomic E-state index is 0.160. The largest absolute Gasteiger partial charge is 0.503 e. The molecule has 112 valence electrons. The van der Waals surface area contributed by atoms with Gasteiger partial charge in [0.1, 0.15) is 0 Å². The highest BCUT2D eigenvalue weighted by Gasteiger charge is 2.17. The van der Waals surface area contributed by atoms with Gasteiger partial charge in [0.2, 0.25) is 0 Å². The first-order chi connectivity index (χ1) is 9.63. The van der Waals surface area contributed by atoms with Gasteiger partial charge in [0.15, 0.2) is 11.5 Å². The third-order valence-corrected chi connectivity index (χ3v) is 4.54. The number of hydrogen-bond acceptors (Lipinski definition) is 4. The standard InChI is InChI=1S/C15H23BrN2O2/c1-3-18-6-4-12(5-7-18)17-10-11-8-13(16)15(19)14(9-11)20-2/h8-9,12,17,19H,3-7,10H2,1-2H3. The van der Waals surface area contributed by atoms with Crippen molar-refractivity contribution in [2.24, 2.45) is 0 Å². The average Bonchev–Trinajstić information content (AvgIpc) is 2.48. The van der Waals surface area contributed by atoms with Crippen molar-refractivity contribution in [1.82, 2.24) is 10.2 Å². The third kappa shape index (κ3) is 3.87. The van der Waals surface area contributed by atoms with Crippen LogP contribution >= 0.6 is 15.9 Å². The maximum atomic E-state index is 9.80. The van der Waals surface area contributed by atoms with Crippen molar-refractivity contribution in [3.8, 4) is 11.5 Å². The van der Waals surface area contributed by atoms with Crippen LogP contribution in [0.15, 0.2) is 16.6 Å². The van der Waals surface area contributed by atoms with Crippen LogP contribution in [0.5, 0.6) is 11.5 Å². The molecule has 1 heterocycles. The van der Waals surface area contributed by atoms with E-state index in [1.54, 1.807) is 7.11 Å². The lowest BCUT2D eigenvalue weighted by Gasteiger charge is -2.31. The molecular formula is C15H23BrN2O2.